The minimum absolute atomic E-state index is 0.0540. The van der Waals surface area contributed by atoms with Gasteiger partial charge in [0, 0.05) is 18.6 Å². The molecular weight excluding hydrogens is 290 g/mol. The number of urea groups is 1. The van der Waals surface area contributed by atoms with Crippen molar-refractivity contribution in [3.05, 3.63) is 0 Å². The molecule has 3 N–H and O–H groups in total. The van der Waals surface area contributed by atoms with Crippen LogP contribution in [0.2, 0.25) is 0 Å². The van der Waals surface area contributed by atoms with E-state index in [4.69, 9.17) is 0 Å². The highest BCUT2D eigenvalue weighted by Gasteiger charge is 2.21. The van der Waals surface area contributed by atoms with Crippen LogP contribution in [0.5, 0.6) is 0 Å². The molecule has 0 aromatic carbocycles. The maximum atomic E-state index is 11.9. The maximum absolute atomic E-state index is 11.9. The van der Waals surface area contributed by atoms with Crippen molar-refractivity contribution in [2.24, 2.45) is 0 Å². The molecule has 0 aromatic heterocycles. The Morgan fingerprint density at radius 1 is 0.905 bits per heavy atom. The molecule has 0 bridgehead atoms. The monoisotopic (exact) mass is 317 g/mol. The number of hydrogen-bond acceptors (Lipinski definition) is 3. The van der Waals surface area contributed by atoms with Crippen LogP contribution < -0.4 is 15.4 Å². The molecule has 0 aliphatic heterocycles. The molecule has 0 aromatic rings. The summed E-state index contributed by atoms with van der Waals surface area (Å²) in [5.74, 6) is -0.0540. The first kappa shape index (κ1) is 16.5. The zero-order valence-electron chi connectivity index (χ0n) is 12.6. The van der Waals surface area contributed by atoms with Gasteiger partial charge in [0.25, 0.3) is 0 Å². The van der Waals surface area contributed by atoms with Crippen molar-refractivity contribution in [2.45, 2.75) is 69.9 Å². The van der Waals surface area contributed by atoms with Crippen molar-refractivity contribution in [1.29, 1.82) is 0 Å². The fourth-order valence-electron chi connectivity index (χ4n) is 3.14. The van der Waals surface area contributed by atoms with Crippen molar-refractivity contribution in [3.63, 3.8) is 0 Å². The quantitative estimate of drug-likeness (QED) is 0.693. The lowest BCUT2D eigenvalue weighted by Gasteiger charge is -2.22. The molecule has 6 nitrogen and oxygen atoms in total. The van der Waals surface area contributed by atoms with Gasteiger partial charge in [0.05, 0.1) is 5.75 Å². The second-order valence-corrected chi connectivity index (χ2v) is 8.03. The van der Waals surface area contributed by atoms with Gasteiger partial charge in [-0.05, 0) is 25.7 Å². The first-order valence-electron chi connectivity index (χ1n) is 8.09. The Morgan fingerprint density at radius 2 is 1.48 bits per heavy atom. The Hall–Kier alpha value is -0.820. The van der Waals surface area contributed by atoms with Gasteiger partial charge in [-0.25, -0.2) is 17.9 Å². The summed E-state index contributed by atoms with van der Waals surface area (Å²) in [5.41, 5.74) is 0. The topological polar surface area (TPSA) is 87.3 Å². The summed E-state index contributed by atoms with van der Waals surface area (Å²) in [6.07, 6.45) is 9.64. The van der Waals surface area contributed by atoms with Crippen molar-refractivity contribution < 1.29 is 13.2 Å². The first-order chi connectivity index (χ1) is 10.1. The van der Waals surface area contributed by atoms with Crippen molar-refractivity contribution in [3.8, 4) is 0 Å². The lowest BCUT2D eigenvalue weighted by molar-refractivity contribution is 0.233. The summed E-state index contributed by atoms with van der Waals surface area (Å²) in [4.78, 5) is 11.7. The largest absolute Gasteiger partial charge is 0.337 e. The Labute approximate surface area is 127 Å². The fourth-order valence-corrected chi connectivity index (χ4v) is 4.37. The zero-order valence-corrected chi connectivity index (χ0v) is 13.4. The molecule has 2 aliphatic carbocycles. The number of nitrogens with one attached hydrogen (secondary N) is 3. The van der Waals surface area contributed by atoms with Crippen LogP contribution in [0, 0.1) is 0 Å². The van der Waals surface area contributed by atoms with E-state index in [1.54, 1.807) is 0 Å². The number of amides is 2. The van der Waals surface area contributed by atoms with Crippen molar-refractivity contribution in [2.75, 3.05) is 12.3 Å². The molecule has 7 heteroatoms. The molecule has 2 fully saturated rings. The van der Waals surface area contributed by atoms with Gasteiger partial charge in [0.15, 0.2) is 0 Å². The summed E-state index contributed by atoms with van der Waals surface area (Å²) in [7, 11) is -3.29. The van der Waals surface area contributed by atoms with Crippen LogP contribution >= 0.6 is 0 Å². The molecule has 0 heterocycles. The molecular formula is C14H27N3O3S. The standard InChI is InChI=1S/C14H27N3O3S/c18-14(16-12-6-2-1-3-7-12)15-10-11-21(19,20)17-13-8-4-5-9-13/h12-13,17H,1-11H2,(H2,15,16,18). The summed E-state index contributed by atoms with van der Waals surface area (Å²) >= 11 is 0. The third-order valence-corrected chi connectivity index (χ3v) is 5.73. The summed E-state index contributed by atoms with van der Waals surface area (Å²) in [5, 5.41) is 5.55. The number of rotatable bonds is 6. The minimum Gasteiger partial charge on any atom is -0.337 e. The lowest BCUT2D eigenvalue weighted by atomic mass is 9.96. The first-order valence-corrected chi connectivity index (χ1v) is 9.75. The average Bonchev–Trinajstić information content (AvgIpc) is 2.91. The number of carbonyl (C=O) groups is 1. The van der Waals surface area contributed by atoms with Crippen LogP contribution in [0.25, 0.3) is 0 Å². The Bertz CT molecular complexity index is 427. The van der Waals surface area contributed by atoms with Crippen LogP contribution in [-0.2, 0) is 10.0 Å². The molecule has 2 amide bonds. The van der Waals surface area contributed by atoms with Crippen LogP contribution in [0.15, 0.2) is 0 Å². The van der Waals surface area contributed by atoms with Gasteiger partial charge in [0.1, 0.15) is 0 Å². The second-order valence-electron chi connectivity index (χ2n) is 6.15. The zero-order chi connectivity index (χ0) is 15.1. The summed E-state index contributed by atoms with van der Waals surface area (Å²) in [6.45, 7) is 0.153. The third kappa shape index (κ3) is 6.22. The predicted molar refractivity (Wildman–Crippen MR) is 82.6 cm³/mol. The molecule has 2 aliphatic rings. The van der Waals surface area contributed by atoms with E-state index in [-0.39, 0.29) is 30.4 Å². The van der Waals surface area contributed by atoms with Gasteiger partial charge in [0.2, 0.25) is 10.0 Å². The molecule has 0 atom stereocenters. The van der Waals surface area contributed by atoms with Gasteiger partial charge in [-0.15, -0.1) is 0 Å². The van der Waals surface area contributed by atoms with Gasteiger partial charge in [-0.1, -0.05) is 32.1 Å². The number of carbonyl (C=O) groups excluding carboxylic acids is 1. The van der Waals surface area contributed by atoms with E-state index < -0.39 is 10.0 Å². The van der Waals surface area contributed by atoms with Crippen LogP contribution in [-0.4, -0.2) is 38.8 Å². The SMILES string of the molecule is O=C(NCCS(=O)(=O)NC1CCCC1)NC1CCCCC1. The average molecular weight is 317 g/mol. The Balaban J connectivity index is 1.61. The molecule has 2 saturated carbocycles. The number of sulfonamides is 1. The summed E-state index contributed by atoms with van der Waals surface area (Å²) in [6, 6.07) is 0.0796. The van der Waals surface area contributed by atoms with E-state index in [9.17, 15) is 13.2 Å². The molecule has 0 saturated heterocycles. The highest BCUT2D eigenvalue weighted by Crippen LogP contribution is 2.18. The molecule has 0 unspecified atom stereocenters. The smallest absolute Gasteiger partial charge is 0.315 e. The highest BCUT2D eigenvalue weighted by atomic mass is 32.2. The normalized spacial score (nSPS) is 21.3. The van der Waals surface area contributed by atoms with Crippen molar-refractivity contribution in [1.82, 2.24) is 15.4 Å². The third-order valence-electron chi connectivity index (χ3n) is 4.30. The maximum Gasteiger partial charge on any atom is 0.315 e. The Morgan fingerprint density at radius 3 is 2.14 bits per heavy atom. The van der Waals surface area contributed by atoms with Crippen LogP contribution in [0.4, 0.5) is 4.79 Å². The molecule has 0 radical (unpaired) electrons. The van der Waals surface area contributed by atoms with Gasteiger partial charge in [-0.3, -0.25) is 0 Å². The van der Waals surface area contributed by atoms with Crippen LogP contribution in [0.1, 0.15) is 57.8 Å². The molecule has 21 heavy (non-hydrogen) atoms. The van der Waals surface area contributed by atoms with E-state index in [0.29, 0.717) is 0 Å². The Kier molecular flexibility index (Phi) is 6.29. The highest BCUT2D eigenvalue weighted by molar-refractivity contribution is 7.89. The summed E-state index contributed by atoms with van der Waals surface area (Å²) < 4.78 is 26.5. The van der Waals surface area contributed by atoms with E-state index in [1.165, 1.54) is 6.42 Å². The van der Waals surface area contributed by atoms with E-state index in [2.05, 4.69) is 15.4 Å². The van der Waals surface area contributed by atoms with E-state index >= 15 is 0 Å². The van der Waals surface area contributed by atoms with E-state index in [0.717, 1.165) is 51.4 Å². The van der Waals surface area contributed by atoms with Crippen molar-refractivity contribution >= 4 is 16.1 Å². The molecule has 0 spiro atoms. The molecule has 122 valence electrons. The number of hydrogen-bond donors (Lipinski definition) is 3. The van der Waals surface area contributed by atoms with Gasteiger partial charge in [-0.2, -0.15) is 0 Å². The lowest BCUT2D eigenvalue weighted by Crippen LogP contribution is -2.45. The second kappa shape index (κ2) is 7.98. The fraction of sp³-hybridized carbons (Fsp3) is 0.929. The predicted octanol–water partition coefficient (Wildman–Crippen LogP) is 1.48. The molecule has 2 rings (SSSR count). The van der Waals surface area contributed by atoms with Gasteiger partial charge >= 0.3 is 6.03 Å². The van der Waals surface area contributed by atoms with E-state index in [1.807, 2.05) is 0 Å². The minimum atomic E-state index is -3.29. The van der Waals surface area contributed by atoms with Crippen LogP contribution in [0.3, 0.4) is 0 Å². The van der Waals surface area contributed by atoms with Gasteiger partial charge < -0.3 is 10.6 Å².